The van der Waals surface area contributed by atoms with Gasteiger partial charge in [0.1, 0.15) is 6.54 Å². The lowest BCUT2D eigenvalue weighted by molar-refractivity contribution is -0.118. The Hall–Kier alpha value is -2.82. The predicted molar refractivity (Wildman–Crippen MR) is 87.1 cm³/mol. The molecular weight excluding hydrogens is 315 g/mol. The average molecular weight is 327 g/mol. The van der Waals surface area contributed by atoms with E-state index in [0.717, 1.165) is 21.4 Å². The van der Waals surface area contributed by atoms with E-state index in [1.807, 2.05) is 36.4 Å². The molecule has 0 N–H and O–H groups in total. The van der Waals surface area contributed by atoms with Crippen LogP contribution in [0.1, 0.15) is 10.4 Å². The number of alkyl halides is 3. The van der Waals surface area contributed by atoms with Crippen molar-refractivity contribution >= 4 is 22.4 Å². The van der Waals surface area contributed by atoms with Crippen molar-refractivity contribution < 1.29 is 18.0 Å². The molecule has 4 rings (SSSR count). The predicted octanol–water partition coefficient (Wildman–Crippen LogP) is 5.03. The van der Waals surface area contributed by atoms with Gasteiger partial charge in [-0.25, -0.2) is 0 Å². The molecular formula is C19H12F3NO. The third-order valence-corrected chi connectivity index (χ3v) is 4.21. The molecule has 1 aliphatic rings. The van der Waals surface area contributed by atoms with Gasteiger partial charge in [-0.1, -0.05) is 48.5 Å². The SMILES string of the molecule is O=C1c2cccc3c(-c4ccccc4)ccc(c23)N1CC(F)(F)F. The maximum atomic E-state index is 12.8. The van der Waals surface area contributed by atoms with Gasteiger partial charge in [0.05, 0.1) is 5.69 Å². The fourth-order valence-corrected chi connectivity index (χ4v) is 3.25. The van der Waals surface area contributed by atoms with E-state index in [1.165, 1.54) is 0 Å². The molecule has 0 bridgehead atoms. The largest absolute Gasteiger partial charge is 0.406 e. The lowest BCUT2D eigenvalue weighted by Gasteiger charge is -2.19. The number of carbonyl (C=O) groups excluding carboxylic acids is 1. The van der Waals surface area contributed by atoms with E-state index in [-0.39, 0.29) is 0 Å². The zero-order chi connectivity index (χ0) is 16.9. The van der Waals surface area contributed by atoms with Gasteiger partial charge in [0.25, 0.3) is 5.91 Å². The van der Waals surface area contributed by atoms with Crippen molar-refractivity contribution in [2.45, 2.75) is 6.18 Å². The Morgan fingerprint density at radius 2 is 1.58 bits per heavy atom. The van der Waals surface area contributed by atoms with Crippen molar-refractivity contribution in [2.24, 2.45) is 0 Å². The first kappa shape index (κ1) is 14.8. The van der Waals surface area contributed by atoms with Crippen LogP contribution in [0.2, 0.25) is 0 Å². The van der Waals surface area contributed by atoms with Gasteiger partial charge in [0.2, 0.25) is 0 Å². The minimum atomic E-state index is -4.44. The van der Waals surface area contributed by atoms with Crippen molar-refractivity contribution in [1.82, 2.24) is 0 Å². The van der Waals surface area contributed by atoms with E-state index in [4.69, 9.17) is 0 Å². The van der Waals surface area contributed by atoms with Crippen molar-refractivity contribution in [3.05, 3.63) is 66.2 Å². The van der Waals surface area contributed by atoms with Crippen LogP contribution in [0.15, 0.2) is 60.7 Å². The molecule has 24 heavy (non-hydrogen) atoms. The van der Waals surface area contributed by atoms with E-state index >= 15 is 0 Å². The molecule has 0 fully saturated rings. The fraction of sp³-hybridized carbons (Fsp3) is 0.105. The van der Waals surface area contributed by atoms with Crippen molar-refractivity contribution in [3.63, 3.8) is 0 Å². The summed E-state index contributed by atoms with van der Waals surface area (Å²) in [5.74, 6) is -0.599. The highest BCUT2D eigenvalue weighted by molar-refractivity contribution is 6.26. The van der Waals surface area contributed by atoms with Crippen LogP contribution < -0.4 is 4.90 Å². The van der Waals surface area contributed by atoms with E-state index in [1.54, 1.807) is 24.3 Å². The molecule has 1 amide bonds. The highest BCUT2D eigenvalue weighted by atomic mass is 19.4. The highest BCUT2D eigenvalue weighted by Gasteiger charge is 2.39. The zero-order valence-electron chi connectivity index (χ0n) is 12.5. The second-order valence-corrected chi connectivity index (χ2v) is 5.73. The van der Waals surface area contributed by atoms with Crippen LogP contribution in [0.5, 0.6) is 0 Å². The first-order chi connectivity index (χ1) is 11.5. The Kier molecular flexibility index (Phi) is 3.13. The molecule has 1 heterocycles. The van der Waals surface area contributed by atoms with Crippen LogP contribution >= 0.6 is 0 Å². The summed E-state index contributed by atoms with van der Waals surface area (Å²) < 4.78 is 38.5. The molecule has 3 aromatic carbocycles. The zero-order valence-corrected chi connectivity index (χ0v) is 12.5. The normalized spacial score (nSPS) is 13.8. The van der Waals surface area contributed by atoms with E-state index in [9.17, 15) is 18.0 Å². The van der Waals surface area contributed by atoms with Crippen LogP contribution in [0.25, 0.3) is 21.9 Å². The van der Waals surface area contributed by atoms with Gasteiger partial charge in [-0.3, -0.25) is 9.69 Å². The summed E-state index contributed by atoms with van der Waals surface area (Å²) in [7, 11) is 0. The molecule has 0 aromatic heterocycles. The van der Waals surface area contributed by atoms with Gasteiger partial charge in [0.15, 0.2) is 0 Å². The number of anilines is 1. The third kappa shape index (κ3) is 2.24. The lowest BCUT2D eigenvalue weighted by atomic mass is 9.96. The smallest absolute Gasteiger partial charge is 0.299 e. The molecule has 0 radical (unpaired) electrons. The monoisotopic (exact) mass is 327 g/mol. The molecule has 0 saturated heterocycles. The van der Waals surface area contributed by atoms with E-state index in [2.05, 4.69) is 0 Å². The quantitative estimate of drug-likeness (QED) is 0.646. The number of carbonyl (C=O) groups is 1. The van der Waals surface area contributed by atoms with Crippen LogP contribution in [0.3, 0.4) is 0 Å². The van der Waals surface area contributed by atoms with Gasteiger partial charge < -0.3 is 0 Å². The maximum Gasteiger partial charge on any atom is 0.406 e. The van der Waals surface area contributed by atoms with Crippen molar-refractivity contribution in [1.29, 1.82) is 0 Å². The Bertz CT molecular complexity index is 948. The van der Waals surface area contributed by atoms with Gasteiger partial charge >= 0.3 is 6.18 Å². The van der Waals surface area contributed by atoms with Gasteiger partial charge in [-0.05, 0) is 28.6 Å². The van der Waals surface area contributed by atoms with Gasteiger partial charge in [-0.15, -0.1) is 0 Å². The first-order valence-electron chi connectivity index (χ1n) is 7.45. The minimum Gasteiger partial charge on any atom is -0.299 e. The van der Waals surface area contributed by atoms with Crippen molar-refractivity contribution in [3.8, 4) is 11.1 Å². The third-order valence-electron chi connectivity index (χ3n) is 4.21. The number of nitrogens with zero attached hydrogens (tertiary/aromatic N) is 1. The van der Waals surface area contributed by atoms with E-state index in [0.29, 0.717) is 16.6 Å². The first-order valence-corrected chi connectivity index (χ1v) is 7.45. The molecule has 0 aliphatic carbocycles. The van der Waals surface area contributed by atoms with Gasteiger partial charge in [0, 0.05) is 10.9 Å². The molecule has 120 valence electrons. The summed E-state index contributed by atoms with van der Waals surface area (Å²) in [5.41, 5.74) is 2.51. The molecule has 0 unspecified atom stereocenters. The van der Waals surface area contributed by atoms with Crippen LogP contribution in [-0.4, -0.2) is 18.6 Å². The molecule has 1 aliphatic heterocycles. The van der Waals surface area contributed by atoms with Gasteiger partial charge in [-0.2, -0.15) is 13.2 Å². The Morgan fingerprint density at radius 1 is 0.833 bits per heavy atom. The van der Waals surface area contributed by atoms with Crippen molar-refractivity contribution in [2.75, 3.05) is 11.4 Å². The number of hydrogen-bond donors (Lipinski definition) is 0. The van der Waals surface area contributed by atoms with Crippen LogP contribution in [0, 0.1) is 0 Å². The topological polar surface area (TPSA) is 20.3 Å². The fourth-order valence-electron chi connectivity index (χ4n) is 3.25. The summed E-state index contributed by atoms with van der Waals surface area (Å²) in [6.07, 6.45) is -4.44. The number of rotatable bonds is 2. The number of benzene rings is 3. The molecule has 5 heteroatoms. The summed E-state index contributed by atoms with van der Waals surface area (Å²) >= 11 is 0. The summed E-state index contributed by atoms with van der Waals surface area (Å²) in [5, 5.41) is 1.38. The Morgan fingerprint density at radius 3 is 2.29 bits per heavy atom. The number of halogens is 3. The highest BCUT2D eigenvalue weighted by Crippen LogP contribution is 2.42. The maximum absolute atomic E-state index is 12.8. The summed E-state index contributed by atoms with van der Waals surface area (Å²) in [6.45, 7) is -1.28. The average Bonchev–Trinajstić information content (AvgIpc) is 2.82. The summed E-state index contributed by atoms with van der Waals surface area (Å²) in [6, 6.07) is 18.1. The second-order valence-electron chi connectivity index (χ2n) is 5.73. The Balaban J connectivity index is 1.95. The minimum absolute atomic E-state index is 0.322. The van der Waals surface area contributed by atoms with Crippen LogP contribution in [0.4, 0.5) is 18.9 Å². The molecule has 2 nitrogen and oxygen atoms in total. The molecule has 0 saturated carbocycles. The second kappa shape index (κ2) is 5.09. The number of amides is 1. The van der Waals surface area contributed by atoms with Crippen LogP contribution in [-0.2, 0) is 0 Å². The molecule has 0 atom stereocenters. The Labute approximate surface area is 136 Å². The lowest BCUT2D eigenvalue weighted by Crippen LogP contribution is -2.36. The number of hydrogen-bond acceptors (Lipinski definition) is 1. The summed E-state index contributed by atoms with van der Waals surface area (Å²) in [4.78, 5) is 13.2. The molecule has 3 aromatic rings. The van der Waals surface area contributed by atoms with E-state index < -0.39 is 18.6 Å². The standard InChI is InChI=1S/C19H12F3NO/c20-19(21,22)11-23-16-10-9-13(12-5-2-1-3-6-12)14-7-4-8-15(17(14)16)18(23)24/h1-10H,11H2. The molecule has 0 spiro atoms.